The van der Waals surface area contributed by atoms with Crippen molar-refractivity contribution in [3.63, 3.8) is 0 Å². The average Bonchev–Trinajstić information content (AvgIpc) is 2.95. The maximum absolute atomic E-state index is 14.2. The minimum Gasteiger partial charge on any atom is -0.496 e. The van der Waals surface area contributed by atoms with Gasteiger partial charge in [0.1, 0.15) is 17.3 Å². The lowest BCUT2D eigenvalue weighted by Crippen LogP contribution is -2.20. The molecule has 1 unspecified atom stereocenters. The zero-order valence-corrected chi connectivity index (χ0v) is 20.8. The number of ether oxygens (including phenoxy) is 2. The van der Waals surface area contributed by atoms with Crippen LogP contribution in [0.4, 0.5) is 10.1 Å². The number of hydrogen-bond acceptors (Lipinski definition) is 5. The number of benzene rings is 4. The first-order valence-electron chi connectivity index (χ1n) is 12.1. The van der Waals surface area contributed by atoms with Crippen LogP contribution in [0, 0.1) is 5.82 Å². The van der Waals surface area contributed by atoms with E-state index in [1.807, 2.05) is 6.92 Å². The molecule has 0 spiro atoms. The molecular formula is C31H26FNO4. The number of rotatable bonds is 7. The fourth-order valence-electron chi connectivity index (χ4n) is 4.93. The number of para-hydroxylation sites is 2. The fourth-order valence-corrected chi connectivity index (χ4v) is 4.93. The van der Waals surface area contributed by atoms with Gasteiger partial charge in [0.2, 0.25) is 0 Å². The van der Waals surface area contributed by atoms with E-state index in [4.69, 9.17) is 9.47 Å². The molecule has 0 amide bonds. The number of carbonyl (C=O) groups excluding carboxylic acids is 2. The standard InChI is InChI=1S/C31H26FNO4/c1-4-26-23-17-19(32)13-14-20(23)24-15-18(30(34)21-9-5-7-11-27(21)36-2)16-25(29(24)33-26)31(35)22-10-6-8-12-28(22)37-3/h5-17,26,33H,4H2,1-3H3. The highest BCUT2D eigenvalue weighted by molar-refractivity contribution is 6.19. The smallest absolute Gasteiger partial charge is 0.198 e. The lowest BCUT2D eigenvalue weighted by Gasteiger charge is -2.31. The van der Waals surface area contributed by atoms with Crippen LogP contribution in [-0.2, 0) is 0 Å². The summed E-state index contributed by atoms with van der Waals surface area (Å²) in [6.45, 7) is 2.00. The summed E-state index contributed by atoms with van der Waals surface area (Å²) in [7, 11) is 3.02. The molecule has 0 aromatic heterocycles. The second kappa shape index (κ2) is 9.90. The van der Waals surface area contributed by atoms with Crippen LogP contribution < -0.4 is 14.8 Å². The highest BCUT2D eigenvalue weighted by Crippen LogP contribution is 2.45. The molecule has 6 heteroatoms. The molecule has 0 saturated carbocycles. The Morgan fingerprint density at radius 1 is 0.784 bits per heavy atom. The number of ketones is 2. The lowest BCUT2D eigenvalue weighted by atomic mass is 9.83. The van der Waals surface area contributed by atoms with E-state index < -0.39 is 0 Å². The predicted octanol–water partition coefficient (Wildman–Crippen LogP) is 6.85. The summed E-state index contributed by atoms with van der Waals surface area (Å²) in [4.78, 5) is 27.7. The number of halogens is 1. The third-order valence-corrected chi connectivity index (χ3v) is 6.75. The van der Waals surface area contributed by atoms with E-state index in [1.54, 1.807) is 66.7 Å². The first-order valence-corrected chi connectivity index (χ1v) is 12.1. The van der Waals surface area contributed by atoms with Gasteiger partial charge >= 0.3 is 0 Å². The molecule has 186 valence electrons. The third kappa shape index (κ3) is 4.25. The SMILES string of the molecule is CCC1Nc2c(C(=O)c3ccccc3OC)cc(C(=O)c3ccccc3OC)cc2-c2ccc(F)cc21. The molecule has 5 rings (SSSR count). The Hall–Kier alpha value is -4.45. The molecule has 1 atom stereocenters. The number of fused-ring (bicyclic) bond motifs is 3. The summed E-state index contributed by atoms with van der Waals surface area (Å²) in [5, 5.41) is 3.45. The normalized spacial score (nSPS) is 13.7. The zero-order valence-electron chi connectivity index (χ0n) is 20.8. The Kier molecular flexibility index (Phi) is 6.49. The van der Waals surface area contributed by atoms with E-state index >= 15 is 0 Å². The van der Waals surface area contributed by atoms with E-state index in [1.165, 1.54) is 26.4 Å². The summed E-state index contributed by atoms with van der Waals surface area (Å²) in [5.41, 5.74) is 4.28. The molecule has 1 N–H and O–H groups in total. The van der Waals surface area contributed by atoms with Gasteiger partial charge in [0.15, 0.2) is 11.6 Å². The van der Waals surface area contributed by atoms with Crippen molar-refractivity contribution >= 4 is 17.3 Å². The van der Waals surface area contributed by atoms with Crippen molar-refractivity contribution < 1.29 is 23.5 Å². The highest BCUT2D eigenvalue weighted by atomic mass is 19.1. The molecule has 1 aliphatic heterocycles. The largest absolute Gasteiger partial charge is 0.496 e. The molecule has 4 aromatic rings. The van der Waals surface area contributed by atoms with Gasteiger partial charge in [-0.3, -0.25) is 9.59 Å². The van der Waals surface area contributed by atoms with E-state index in [0.29, 0.717) is 51.4 Å². The Balaban J connectivity index is 1.77. The van der Waals surface area contributed by atoms with Gasteiger partial charge in [0.05, 0.1) is 37.1 Å². The first kappa shape index (κ1) is 24.3. The Morgan fingerprint density at radius 2 is 1.41 bits per heavy atom. The Bertz CT molecular complexity index is 1530. The van der Waals surface area contributed by atoms with Crippen LogP contribution in [0.25, 0.3) is 11.1 Å². The monoisotopic (exact) mass is 495 g/mol. The molecule has 1 aliphatic rings. The maximum Gasteiger partial charge on any atom is 0.198 e. The van der Waals surface area contributed by atoms with Crippen molar-refractivity contribution in [3.05, 3.63) is 112 Å². The summed E-state index contributed by atoms with van der Waals surface area (Å²) in [5.74, 6) is -0.0246. The second-order valence-corrected chi connectivity index (χ2v) is 8.84. The summed E-state index contributed by atoms with van der Waals surface area (Å²) >= 11 is 0. The zero-order chi connectivity index (χ0) is 26.1. The Morgan fingerprint density at radius 3 is 2.03 bits per heavy atom. The van der Waals surface area contributed by atoms with Crippen molar-refractivity contribution in [1.82, 2.24) is 0 Å². The van der Waals surface area contributed by atoms with E-state index in [2.05, 4.69) is 5.32 Å². The summed E-state index contributed by atoms with van der Waals surface area (Å²) in [6.07, 6.45) is 0.681. The molecule has 1 heterocycles. The minimum atomic E-state index is -0.339. The van der Waals surface area contributed by atoms with Gasteiger partial charge in [-0.15, -0.1) is 0 Å². The van der Waals surface area contributed by atoms with Crippen LogP contribution >= 0.6 is 0 Å². The number of hydrogen-bond donors (Lipinski definition) is 1. The number of nitrogens with one attached hydrogen (secondary N) is 1. The van der Waals surface area contributed by atoms with Crippen molar-refractivity contribution in [2.24, 2.45) is 0 Å². The van der Waals surface area contributed by atoms with Crippen LogP contribution in [0.2, 0.25) is 0 Å². The predicted molar refractivity (Wildman–Crippen MR) is 141 cm³/mol. The fraction of sp³-hybridized carbons (Fsp3) is 0.161. The lowest BCUT2D eigenvalue weighted by molar-refractivity contribution is 0.103. The first-order chi connectivity index (χ1) is 18.0. The molecule has 4 aromatic carbocycles. The van der Waals surface area contributed by atoms with Gasteiger partial charge in [-0.2, -0.15) is 0 Å². The van der Waals surface area contributed by atoms with E-state index in [0.717, 1.165) is 11.1 Å². The number of methoxy groups -OCH3 is 2. The molecule has 37 heavy (non-hydrogen) atoms. The molecule has 0 fully saturated rings. The number of anilines is 1. The van der Waals surface area contributed by atoms with Gasteiger partial charge < -0.3 is 14.8 Å². The number of carbonyl (C=O) groups is 2. The summed E-state index contributed by atoms with van der Waals surface area (Å²) < 4.78 is 25.1. The van der Waals surface area contributed by atoms with Gasteiger partial charge in [0.25, 0.3) is 0 Å². The topological polar surface area (TPSA) is 64.6 Å². The van der Waals surface area contributed by atoms with Crippen molar-refractivity contribution in [2.75, 3.05) is 19.5 Å². The van der Waals surface area contributed by atoms with Crippen molar-refractivity contribution in [2.45, 2.75) is 19.4 Å². The third-order valence-electron chi connectivity index (χ3n) is 6.75. The van der Waals surface area contributed by atoms with Gasteiger partial charge in [-0.25, -0.2) is 4.39 Å². The van der Waals surface area contributed by atoms with Crippen LogP contribution in [0.5, 0.6) is 11.5 Å². The Labute approximate surface area is 214 Å². The molecular weight excluding hydrogens is 469 g/mol. The average molecular weight is 496 g/mol. The summed E-state index contributed by atoms with van der Waals surface area (Å²) in [6, 6.07) is 21.8. The highest BCUT2D eigenvalue weighted by Gasteiger charge is 2.30. The van der Waals surface area contributed by atoms with Gasteiger partial charge in [-0.05, 0) is 66.1 Å². The molecule has 0 saturated heterocycles. The minimum absolute atomic E-state index is 0.196. The van der Waals surface area contributed by atoms with E-state index in [-0.39, 0.29) is 23.4 Å². The molecule has 0 radical (unpaired) electrons. The quantitative estimate of drug-likeness (QED) is 0.284. The van der Waals surface area contributed by atoms with Crippen LogP contribution in [0.3, 0.4) is 0 Å². The molecule has 0 bridgehead atoms. The second-order valence-electron chi connectivity index (χ2n) is 8.84. The van der Waals surface area contributed by atoms with Gasteiger partial charge in [-0.1, -0.05) is 37.3 Å². The molecule has 5 nitrogen and oxygen atoms in total. The van der Waals surface area contributed by atoms with Crippen LogP contribution in [-0.4, -0.2) is 25.8 Å². The van der Waals surface area contributed by atoms with E-state index in [9.17, 15) is 14.0 Å². The van der Waals surface area contributed by atoms with Crippen molar-refractivity contribution in [3.8, 4) is 22.6 Å². The van der Waals surface area contributed by atoms with Crippen molar-refractivity contribution in [1.29, 1.82) is 0 Å². The maximum atomic E-state index is 14.2. The van der Waals surface area contributed by atoms with Crippen LogP contribution in [0.1, 0.15) is 56.8 Å². The van der Waals surface area contributed by atoms with Gasteiger partial charge in [0, 0.05) is 16.7 Å². The van der Waals surface area contributed by atoms with Crippen LogP contribution in [0.15, 0.2) is 78.9 Å². The molecule has 0 aliphatic carbocycles.